The van der Waals surface area contributed by atoms with Crippen molar-refractivity contribution >= 4 is 5.95 Å². The van der Waals surface area contributed by atoms with Gasteiger partial charge in [-0.2, -0.15) is 0 Å². The highest BCUT2D eigenvalue weighted by Crippen LogP contribution is 2.33. The molecule has 8 nitrogen and oxygen atoms in total. The minimum Gasteiger partial charge on any atom is -0.463 e. The van der Waals surface area contributed by atoms with Gasteiger partial charge in [-0.1, -0.05) is 5.16 Å². The summed E-state index contributed by atoms with van der Waals surface area (Å²) in [6.07, 6.45) is 3.39. The molecule has 3 aromatic heterocycles. The third kappa shape index (κ3) is 3.86. The fraction of sp³-hybridized carbons (Fsp3) is 0.421. The number of nitrogens with one attached hydrogen (secondary N) is 1. The van der Waals surface area contributed by atoms with Crippen molar-refractivity contribution in [2.75, 3.05) is 44.7 Å². The van der Waals surface area contributed by atoms with Crippen LogP contribution in [0.1, 0.15) is 11.3 Å². The molecule has 4 rings (SSSR count). The Balaban J connectivity index is 1.56. The average molecular weight is 369 g/mol. The second kappa shape index (κ2) is 7.89. The molecular formula is C19H23N5O3. The van der Waals surface area contributed by atoms with Crippen molar-refractivity contribution < 1.29 is 13.7 Å². The van der Waals surface area contributed by atoms with Gasteiger partial charge in [-0.05, 0) is 26.0 Å². The molecule has 3 aromatic rings. The maximum atomic E-state index is 5.58. The number of hydrogen-bond donors (Lipinski definition) is 1. The predicted molar refractivity (Wildman–Crippen MR) is 100 cm³/mol. The van der Waals surface area contributed by atoms with E-state index in [0.717, 1.165) is 56.2 Å². The summed E-state index contributed by atoms with van der Waals surface area (Å²) in [4.78, 5) is 11.5. The van der Waals surface area contributed by atoms with E-state index in [1.165, 1.54) is 0 Å². The molecule has 0 bridgehead atoms. The maximum Gasteiger partial charge on any atom is 0.223 e. The van der Waals surface area contributed by atoms with Gasteiger partial charge in [0, 0.05) is 37.9 Å². The summed E-state index contributed by atoms with van der Waals surface area (Å²) in [5.41, 5.74) is 3.27. The van der Waals surface area contributed by atoms with Crippen LogP contribution >= 0.6 is 0 Å². The second-order valence-corrected chi connectivity index (χ2v) is 6.54. The van der Waals surface area contributed by atoms with Gasteiger partial charge in [-0.25, -0.2) is 9.97 Å². The monoisotopic (exact) mass is 369 g/mol. The Kier molecular flexibility index (Phi) is 5.17. The van der Waals surface area contributed by atoms with Crippen molar-refractivity contribution in [2.45, 2.75) is 13.8 Å². The van der Waals surface area contributed by atoms with Gasteiger partial charge in [-0.15, -0.1) is 0 Å². The molecule has 0 aromatic carbocycles. The SMILES string of the molecule is Cc1noc(-c2cnc(NCCN3CCOCC3)nc2-c2ccco2)c1C. The first-order valence-corrected chi connectivity index (χ1v) is 9.10. The van der Waals surface area contributed by atoms with Crippen LogP contribution in [0.3, 0.4) is 0 Å². The highest BCUT2D eigenvalue weighted by Gasteiger charge is 2.20. The molecule has 0 spiro atoms. The molecule has 1 fully saturated rings. The standard InChI is InChI=1S/C19H23N5O3/c1-13-14(2)23-27-18(13)15-12-21-19(22-17(15)16-4-3-9-26-16)20-5-6-24-7-10-25-11-8-24/h3-4,9,12H,5-8,10-11H2,1-2H3,(H,20,21,22). The summed E-state index contributed by atoms with van der Waals surface area (Å²) in [7, 11) is 0. The predicted octanol–water partition coefficient (Wildman–Crippen LogP) is 2.75. The van der Waals surface area contributed by atoms with Crippen molar-refractivity contribution in [3.05, 3.63) is 35.9 Å². The summed E-state index contributed by atoms with van der Waals surface area (Å²) >= 11 is 0. The number of aromatic nitrogens is 3. The number of furan rings is 1. The fourth-order valence-electron chi connectivity index (χ4n) is 3.05. The lowest BCUT2D eigenvalue weighted by molar-refractivity contribution is 0.0398. The van der Waals surface area contributed by atoms with E-state index in [1.807, 2.05) is 26.0 Å². The molecule has 0 atom stereocenters. The van der Waals surface area contributed by atoms with Gasteiger partial charge in [0.05, 0.1) is 30.7 Å². The molecule has 8 heteroatoms. The highest BCUT2D eigenvalue weighted by atomic mass is 16.5. The van der Waals surface area contributed by atoms with Crippen LogP contribution in [-0.4, -0.2) is 59.4 Å². The first-order valence-electron chi connectivity index (χ1n) is 9.10. The molecular weight excluding hydrogens is 346 g/mol. The Labute approximate surface area is 157 Å². The second-order valence-electron chi connectivity index (χ2n) is 6.54. The third-order valence-corrected chi connectivity index (χ3v) is 4.76. The van der Waals surface area contributed by atoms with Gasteiger partial charge in [0.2, 0.25) is 5.95 Å². The van der Waals surface area contributed by atoms with Gasteiger partial charge in [0.1, 0.15) is 5.69 Å². The Hall–Kier alpha value is -2.71. The topological polar surface area (TPSA) is 89.5 Å². The summed E-state index contributed by atoms with van der Waals surface area (Å²) in [5, 5.41) is 7.35. The molecule has 1 N–H and O–H groups in total. The van der Waals surface area contributed by atoms with E-state index >= 15 is 0 Å². The minimum absolute atomic E-state index is 0.562. The van der Waals surface area contributed by atoms with Crippen LogP contribution in [0.15, 0.2) is 33.5 Å². The van der Waals surface area contributed by atoms with Crippen molar-refractivity contribution in [3.8, 4) is 22.8 Å². The van der Waals surface area contributed by atoms with Gasteiger partial charge in [0.25, 0.3) is 0 Å². The molecule has 0 aliphatic carbocycles. The summed E-state index contributed by atoms with van der Waals surface area (Å²) < 4.78 is 16.5. The zero-order valence-electron chi connectivity index (χ0n) is 15.6. The van der Waals surface area contributed by atoms with E-state index < -0.39 is 0 Å². The van der Waals surface area contributed by atoms with E-state index in [9.17, 15) is 0 Å². The van der Waals surface area contributed by atoms with E-state index in [1.54, 1.807) is 12.5 Å². The van der Waals surface area contributed by atoms with Crippen LogP contribution in [0.5, 0.6) is 0 Å². The number of ether oxygens (including phenoxy) is 1. The first kappa shape index (κ1) is 17.7. The van der Waals surface area contributed by atoms with Gasteiger partial charge in [0.15, 0.2) is 11.5 Å². The number of nitrogens with zero attached hydrogens (tertiary/aromatic N) is 4. The van der Waals surface area contributed by atoms with Crippen molar-refractivity contribution in [1.82, 2.24) is 20.0 Å². The number of morpholine rings is 1. The van der Waals surface area contributed by atoms with Gasteiger partial charge < -0.3 is 19.0 Å². The lowest BCUT2D eigenvalue weighted by atomic mass is 10.1. The Morgan fingerprint density at radius 1 is 1.22 bits per heavy atom. The van der Waals surface area contributed by atoms with Crippen LogP contribution in [0, 0.1) is 13.8 Å². The Bertz CT molecular complexity index is 885. The Morgan fingerprint density at radius 2 is 2.07 bits per heavy atom. The van der Waals surface area contributed by atoms with Gasteiger partial charge >= 0.3 is 0 Å². The lowest BCUT2D eigenvalue weighted by Crippen LogP contribution is -2.39. The highest BCUT2D eigenvalue weighted by molar-refractivity contribution is 5.77. The zero-order valence-corrected chi connectivity index (χ0v) is 15.6. The molecule has 142 valence electrons. The van der Waals surface area contributed by atoms with Crippen molar-refractivity contribution in [2.24, 2.45) is 0 Å². The smallest absolute Gasteiger partial charge is 0.223 e. The summed E-state index contributed by atoms with van der Waals surface area (Å²) in [6, 6.07) is 3.72. The van der Waals surface area contributed by atoms with E-state index in [2.05, 4.69) is 25.3 Å². The number of hydrogen-bond acceptors (Lipinski definition) is 8. The zero-order chi connectivity index (χ0) is 18.6. The largest absolute Gasteiger partial charge is 0.463 e. The van der Waals surface area contributed by atoms with Crippen LogP contribution < -0.4 is 5.32 Å². The molecule has 1 aliphatic heterocycles. The average Bonchev–Trinajstić information content (AvgIpc) is 3.34. The molecule has 0 unspecified atom stereocenters. The summed E-state index contributed by atoms with van der Waals surface area (Å²) in [6.45, 7) is 9.08. The van der Waals surface area contributed by atoms with E-state index in [0.29, 0.717) is 23.2 Å². The molecule has 1 saturated heterocycles. The van der Waals surface area contributed by atoms with E-state index in [4.69, 9.17) is 13.7 Å². The molecule has 1 aliphatic rings. The van der Waals surface area contributed by atoms with Crippen LogP contribution in [0.2, 0.25) is 0 Å². The van der Waals surface area contributed by atoms with Crippen LogP contribution in [-0.2, 0) is 4.74 Å². The van der Waals surface area contributed by atoms with Crippen LogP contribution in [0.25, 0.3) is 22.8 Å². The van der Waals surface area contributed by atoms with Gasteiger partial charge in [-0.3, -0.25) is 4.90 Å². The molecule has 0 radical (unpaired) electrons. The normalized spacial score (nSPS) is 15.2. The quantitative estimate of drug-likeness (QED) is 0.709. The summed E-state index contributed by atoms with van der Waals surface area (Å²) in [5.74, 6) is 1.89. The van der Waals surface area contributed by atoms with E-state index in [-0.39, 0.29) is 0 Å². The lowest BCUT2D eigenvalue weighted by Gasteiger charge is -2.26. The maximum absolute atomic E-state index is 5.58. The fourth-order valence-corrected chi connectivity index (χ4v) is 3.05. The third-order valence-electron chi connectivity index (χ3n) is 4.76. The number of rotatable bonds is 6. The molecule has 0 amide bonds. The number of aryl methyl sites for hydroxylation is 1. The van der Waals surface area contributed by atoms with Crippen molar-refractivity contribution in [1.29, 1.82) is 0 Å². The number of anilines is 1. The molecule has 0 saturated carbocycles. The van der Waals surface area contributed by atoms with Crippen LogP contribution in [0.4, 0.5) is 5.95 Å². The molecule has 27 heavy (non-hydrogen) atoms. The Morgan fingerprint density at radius 3 is 2.78 bits per heavy atom. The molecule has 4 heterocycles. The first-order chi connectivity index (χ1) is 13.2. The minimum atomic E-state index is 0.562. The van der Waals surface area contributed by atoms with Crippen molar-refractivity contribution in [3.63, 3.8) is 0 Å².